The highest BCUT2D eigenvalue weighted by Gasteiger charge is 2.18. The van der Waals surface area contributed by atoms with Gasteiger partial charge in [0.15, 0.2) is 0 Å². The molecule has 0 aliphatic carbocycles. The fourth-order valence-electron chi connectivity index (χ4n) is 2.51. The molecule has 0 aliphatic heterocycles. The number of halogens is 1. The van der Waals surface area contributed by atoms with Crippen LogP contribution in [0.15, 0.2) is 36.4 Å². The maximum absolute atomic E-state index is 12.9. The Morgan fingerprint density at radius 2 is 1.50 bits per heavy atom. The number of rotatable bonds is 6. The van der Waals surface area contributed by atoms with Gasteiger partial charge in [-0.05, 0) is 36.4 Å². The molecule has 2 aromatic carbocycles. The topological polar surface area (TPSA) is 125 Å². The summed E-state index contributed by atoms with van der Waals surface area (Å²) in [4.78, 5) is 37.8. The van der Waals surface area contributed by atoms with E-state index in [9.17, 15) is 22.8 Å². The van der Waals surface area contributed by atoms with Gasteiger partial charge >= 0.3 is 0 Å². The van der Waals surface area contributed by atoms with Gasteiger partial charge in [-0.3, -0.25) is 19.1 Å². The minimum atomic E-state index is -3.66. The van der Waals surface area contributed by atoms with Gasteiger partial charge < -0.3 is 15.5 Å². The lowest BCUT2D eigenvalue weighted by Crippen LogP contribution is -2.22. The van der Waals surface area contributed by atoms with E-state index in [2.05, 4.69) is 15.4 Å². The summed E-state index contributed by atoms with van der Waals surface area (Å²) in [5, 5.41) is 5.37. The second-order valence-electron chi connectivity index (χ2n) is 6.66. The van der Waals surface area contributed by atoms with Gasteiger partial charge in [0.2, 0.25) is 15.9 Å². The number of carbonyl (C=O) groups is 3. The van der Waals surface area contributed by atoms with Crippen molar-refractivity contribution < 1.29 is 22.8 Å². The maximum Gasteiger partial charge on any atom is 0.257 e. The van der Waals surface area contributed by atoms with E-state index >= 15 is 0 Å². The van der Waals surface area contributed by atoms with Gasteiger partial charge in [-0.1, -0.05) is 11.6 Å². The quantitative estimate of drug-likeness (QED) is 0.621. The molecule has 0 unspecified atom stereocenters. The van der Waals surface area contributed by atoms with Crippen LogP contribution in [0.4, 0.5) is 17.1 Å². The van der Waals surface area contributed by atoms with Gasteiger partial charge in [0, 0.05) is 32.4 Å². The molecule has 0 bridgehead atoms. The molecule has 0 spiro atoms. The van der Waals surface area contributed by atoms with Crippen molar-refractivity contribution >= 4 is 56.4 Å². The van der Waals surface area contributed by atoms with Crippen molar-refractivity contribution in [3.8, 4) is 0 Å². The van der Waals surface area contributed by atoms with Crippen molar-refractivity contribution in [1.82, 2.24) is 4.90 Å². The molecule has 0 saturated carbocycles. The highest BCUT2D eigenvalue weighted by Crippen LogP contribution is 2.25. The van der Waals surface area contributed by atoms with E-state index in [4.69, 9.17) is 11.6 Å². The van der Waals surface area contributed by atoms with E-state index in [-0.39, 0.29) is 39.3 Å². The Balaban J connectivity index is 2.43. The second-order valence-corrected chi connectivity index (χ2v) is 8.82. The van der Waals surface area contributed by atoms with Crippen LogP contribution in [0, 0.1) is 0 Å². The largest absolute Gasteiger partial charge is 0.345 e. The molecule has 0 fully saturated rings. The molecule has 11 heteroatoms. The molecule has 9 nitrogen and oxygen atoms in total. The van der Waals surface area contributed by atoms with Crippen molar-refractivity contribution in [3.05, 3.63) is 52.5 Å². The number of carbonyl (C=O) groups excluding carboxylic acids is 3. The first-order valence-electron chi connectivity index (χ1n) is 8.59. The number of hydrogen-bond acceptors (Lipinski definition) is 5. The number of benzene rings is 2. The van der Waals surface area contributed by atoms with Gasteiger partial charge in [-0.25, -0.2) is 8.42 Å². The summed E-state index contributed by atoms with van der Waals surface area (Å²) >= 11 is 6.08. The third kappa shape index (κ3) is 6.19. The van der Waals surface area contributed by atoms with Gasteiger partial charge in [-0.15, -0.1) is 0 Å². The van der Waals surface area contributed by atoms with Gasteiger partial charge in [0.1, 0.15) is 0 Å². The van der Waals surface area contributed by atoms with E-state index in [1.54, 1.807) is 14.1 Å². The van der Waals surface area contributed by atoms with Crippen molar-refractivity contribution in [3.63, 3.8) is 0 Å². The highest BCUT2D eigenvalue weighted by molar-refractivity contribution is 7.92. The van der Waals surface area contributed by atoms with Crippen molar-refractivity contribution in [2.24, 2.45) is 0 Å². The van der Waals surface area contributed by atoms with Crippen molar-refractivity contribution in [2.75, 3.05) is 35.7 Å². The lowest BCUT2D eigenvalue weighted by Gasteiger charge is -2.15. The Morgan fingerprint density at radius 3 is 2.07 bits per heavy atom. The van der Waals surface area contributed by atoms with Crippen LogP contribution >= 0.6 is 11.6 Å². The molecular formula is C19H21ClN4O5S. The molecule has 0 heterocycles. The minimum absolute atomic E-state index is 0.0258. The predicted molar refractivity (Wildman–Crippen MR) is 117 cm³/mol. The summed E-state index contributed by atoms with van der Waals surface area (Å²) in [6.07, 6.45) is 0.953. The first-order chi connectivity index (χ1) is 13.9. The first kappa shape index (κ1) is 23.2. The van der Waals surface area contributed by atoms with Crippen molar-refractivity contribution in [1.29, 1.82) is 0 Å². The number of hydrogen-bond donors (Lipinski definition) is 3. The smallest absolute Gasteiger partial charge is 0.257 e. The number of nitrogens with zero attached hydrogens (tertiary/aromatic N) is 1. The number of anilines is 3. The average Bonchev–Trinajstić information content (AvgIpc) is 2.62. The summed E-state index contributed by atoms with van der Waals surface area (Å²) < 4.78 is 25.6. The predicted octanol–water partition coefficient (Wildman–Crippen LogP) is 2.62. The summed E-state index contributed by atoms with van der Waals surface area (Å²) in [7, 11) is -0.520. The second kappa shape index (κ2) is 9.14. The molecule has 30 heavy (non-hydrogen) atoms. The highest BCUT2D eigenvalue weighted by atomic mass is 35.5. The van der Waals surface area contributed by atoms with Crippen LogP contribution in [0.2, 0.25) is 5.02 Å². The Kier molecular flexibility index (Phi) is 7.06. The van der Waals surface area contributed by atoms with Crippen LogP contribution < -0.4 is 15.4 Å². The normalized spacial score (nSPS) is 10.8. The van der Waals surface area contributed by atoms with Crippen LogP contribution in [-0.2, 0) is 14.8 Å². The van der Waals surface area contributed by atoms with E-state index in [1.165, 1.54) is 48.2 Å². The Morgan fingerprint density at radius 1 is 0.933 bits per heavy atom. The first-order valence-corrected chi connectivity index (χ1v) is 10.9. The van der Waals surface area contributed by atoms with E-state index in [0.717, 1.165) is 6.26 Å². The summed E-state index contributed by atoms with van der Waals surface area (Å²) in [6, 6.07) is 8.56. The molecule has 3 amide bonds. The maximum atomic E-state index is 12.9. The standard InChI is InChI=1S/C19H21ClN4O5S/c1-11(25)21-12-6-8-17(23-30(4,28)29)15(10-12)18(26)22-13-5-7-16(20)14(9-13)19(27)24(2)3/h5-10,23H,1-4H3,(H,21,25)(H,22,26). The zero-order valence-electron chi connectivity index (χ0n) is 16.7. The third-order valence-corrected chi connectivity index (χ3v) is 4.66. The van der Waals surface area contributed by atoms with Gasteiger partial charge in [0.05, 0.1) is 28.1 Å². The van der Waals surface area contributed by atoms with Gasteiger partial charge in [-0.2, -0.15) is 0 Å². The molecule has 0 aliphatic rings. The lowest BCUT2D eigenvalue weighted by atomic mass is 10.1. The summed E-state index contributed by atoms with van der Waals surface area (Å²) in [6.45, 7) is 1.30. The zero-order chi connectivity index (χ0) is 22.6. The zero-order valence-corrected chi connectivity index (χ0v) is 18.3. The molecule has 0 saturated heterocycles. The monoisotopic (exact) mass is 452 g/mol. The Hall–Kier alpha value is -3.11. The van der Waals surface area contributed by atoms with E-state index in [0.29, 0.717) is 5.69 Å². The number of sulfonamides is 1. The average molecular weight is 453 g/mol. The van der Waals surface area contributed by atoms with Crippen LogP contribution in [0.25, 0.3) is 0 Å². The molecule has 0 radical (unpaired) electrons. The van der Waals surface area contributed by atoms with E-state index in [1.807, 2.05) is 0 Å². The molecule has 2 rings (SSSR count). The van der Waals surface area contributed by atoms with Crippen LogP contribution in [0.1, 0.15) is 27.6 Å². The number of nitrogens with one attached hydrogen (secondary N) is 3. The van der Waals surface area contributed by atoms with Crippen LogP contribution in [0.5, 0.6) is 0 Å². The van der Waals surface area contributed by atoms with Gasteiger partial charge in [0.25, 0.3) is 11.8 Å². The van der Waals surface area contributed by atoms with Crippen LogP contribution in [0.3, 0.4) is 0 Å². The molecular weight excluding hydrogens is 432 g/mol. The Bertz CT molecular complexity index is 1120. The fourth-order valence-corrected chi connectivity index (χ4v) is 3.28. The third-order valence-electron chi connectivity index (χ3n) is 3.74. The van der Waals surface area contributed by atoms with E-state index < -0.39 is 15.9 Å². The molecule has 160 valence electrons. The molecule has 0 atom stereocenters. The summed E-state index contributed by atoms with van der Waals surface area (Å²) in [5.74, 6) is -1.35. The molecule has 0 aromatic heterocycles. The van der Waals surface area contributed by atoms with Crippen LogP contribution in [-0.4, -0.2) is 51.4 Å². The Labute approximate surface area is 179 Å². The molecule has 2 aromatic rings. The van der Waals surface area contributed by atoms with Crippen molar-refractivity contribution in [2.45, 2.75) is 6.92 Å². The lowest BCUT2D eigenvalue weighted by molar-refractivity contribution is -0.114. The summed E-state index contributed by atoms with van der Waals surface area (Å²) in [5.41, 5.74) is 0.793. The molecule has 3 N–H and O–H groups in total. The minimum Gasteiger partial charge on any atom is -0.345 e. The fraction of sp³-hybridized carbons (Fsp3) is 0.211. The number of amides is 3. The SMILES string of the molecule is CC(=O)Nc1ccc(NS(C)(=O)=O)c(C(=O)Nc2ccc(Cl)c(C(=O)N(C)C)c2)c1.